The van der Waals surface area contributed by atoms with E-state index in [9.17, 15) is 4.79 Å². The molecule has 0 aliphatic rings. The minimum atomic E-state index is -1.10. The van der Waals surface area contributed by atoms with Gasteiger partial charge in [0.05, 0.1) is 5.02 Å². The van der Waals surface area contributed by atoms with E-state index in [1.807, 2.05) is 0 Å². The van der Waals surface area contributed by atoms with Crippen LogP contribution in [0.25, 0.3) is 0 Å². The van der Waals surface area contributed by atoms with Crippen molar-refractivity contribution >= 4 is 45.1 Å². The van der Waals surface area contributed by atoms with E-state index in [-0.39, 0.29) is 11.6 Å². The van der Waals surface area contributed by atoms with Gasteiger partial charge in [-0.3, -0.25) is 0 Å². The maximum Gasteiger partial charge on any atom is 0.354 e. The number of carboxylic acid groups (broad SMARTS) is 1. The first-order valence-electron chi connectivity index (χ1n) is 5.27. The summed E-state index contributed by atoms with van der Waals surface area (Å²) in [6.45, 7) is 1.70. The van der Waals surface area contributed by atoms with Crippen LogP contribution >= 0.6 is 27.5 Å². The van der Waals surface area contributed by atoms with E-state index in [1.165, 1.54) is 6.07 Å². The van der Waals surface area contributed by atoms with Gasteiger partial charge in [-0.2, -0.15) is 0 Å². The highest BCUT2D eigenvalue weighted by Crippen LogP contribution is 2.26. The topological polar surface area (TPSA) is 75.1 Å². The Morgan fingerprint density at radius 1 is 1.37 bits per heavy atom. The lowest BCUT2D eigenvalue weighted by Crippen LogP contribution is -2.06. The minimum absolute atomic E-state index is 0.0572. The molecule has 0 bridgehead atoms. The van der Waals surface area contributed by atoms with Gasteiger partial charge >= 0.3 is 5.97 Å². The third kappa shape index (κ3) is 3.42. The molecule has 0 aliphatic carbocycles. The lowest BCUT2D eigenvalue weighted by Gasteiger charge is -2.07. The van der Waals surface area contributed by atoms with E-state index in [4.69, 9.17) is 16.7 Å². The van der Waals surface area contributed by atoms with Gasteiger partial charge in [0.25, 0.3) is 0 Å². The monoisotopic (exact) mass is 341 g/mol. The third-order valence-corrected chi connectivity index (χ3v) is 3.48. The fourth-order valence-corrected chi connectivity index (χ4v) is 1.86. The zero-order valence-corrected chi connectivity index (χ0v) is 12.2. The molecule has 98 valence electrons. The predicted octanol–water partition coefficient (Wildman–Crippen LogP) is 3.64. The maximum absolute atomic E-state index is 10.9. The molecular weight excluding hydrogens is 334 g/mol. The van der Waals surface area contributed by atoms with Crippen molar-refractivity contribution in [3.8, 4) is 0 Å². The molecule has 19 heavy (non-hydrogen) atoms. The van der Waals surface area contributed by atoms with E-state index in [1.54, 1.807) is 25.1 Å². The highest BCUT2D eigenvalue weighted by molar-refractivity contribution is 9.10. The molecule has 2 aromatic rings. The van der Waals surface area contributed by atoms with Crippen molar-refractivity contribution in [3.05, 3.63) is 45.1 Å². The van der Waals surface area contributed by atoms with Crippen molar-refractivity contribution in [2.45, 2.75) is 6.92 Å². The van der Waals surface area contributed by atoms with Gasteiger partial charge in [-0.05, 0) is 47.1 Å². The summed E-state index contributed by atoms with van der Waals surface area (Å²) in [5.74, 6) is -0.877. The molecular formula is C12H9BrClN3O2. The standard InChI is InChI=1S/C12H9BrClN3O2/c1-6-4-10(11(18)19)17-12(15-6)16-7-2-3-8(13)9(14)5-7/h2-5H,1H3,(H,18,19)(H,15,16,17). The Morgan fingerprint density at radius 3 is 2.74 bits per heavy atom. The SMILES string of the molecule is Cc1cc(C(=O)O)nc(Nc2ccc(Br)c(Cl)c2)n1. The van der Waals surface area contributed by atoms with Gasteiger partial charge in [0.15, 0.2) is 5.69 Å². The van der Waals surface area contributed by atoms with Gasteiger partial charge in [-0.25, -0.2) is 14.8 Å². The van der Waals surface area contributed by atoms with Crippen LogP contribution in [0.5, 0.6) is 0 Å². The molecule has 0 saturated carbocycles. The molecule has 1 aromatic carbocycles. The van der Waals surface area contributed by atoms with E-state index in [0.29, 0.717) is 16.4 Å². The Bertz CT molecular complexity index is 649. The van der Waals surface area contributed by atoms with Crippen LogP contribution in [0.1, 0.15) is 16.2 Å². The lowest BCUT2D eigenvalue weighted by molar-refractivity contribution is 0.0690. The fraction of sp³-hybridized carbons (Fsp3) is 0.0833. The molecule has 0 amide bonds. The van der Waals surface area contributed by atoms with E-state index in [2.05, 4.69) is 31.2 Å². The quantitative estimate of drug-likeness (QED) is 0.890. The summed E-state index contributed by atoms with van der Waals surface area (Å²) in [7, 11) is 0. The number of nitrogens with one attached hydrogen (secondary N) is 1. The van der Waals surface area contributed by atoms with Gasteiger partial charge in [-0.15, -0.1) is 0 Å². The number of aromatic nitrogens is 2. The molecule has 0 radical (unpaired) electrons. The van der Waals surface area contributed by atoms with Crippen LogP contribution in [0.15, 0.2) is 28.7 Å². The molecule has 7 heteroatoms. The predicted molar refractivity (Wildman–Crippen MR) is 76.2 cm³/mol. The number of hydrogen-bond acceptors (Lipinski definition) is 4. The number of aryl methyl sites for hydroxylation is 1. The number of hydrogen-bond donors (Lipinski definition) is 2. The first-order chi connectivity index (χ1) is 8.95. The van der Waals surface area contributed by atoms with Gasteiger partial charge in [0, 0.05) is 15.9 Å². The smallest absolute Gasteiger partial charge is 0.354 e. The van der Waals surface area contributed by atoms with Crippen LogP contribution in [-0.4, -0.2) is 21.0 Å². The molecule has 0 atom stereocenters. The lowest BCUT2D eigenvalue weighted by atomic mass is 10.3. The van der Waals surface area contributed by atoms with Crippen molar-refractivity contribution in [3.63, 3.8) is 0 Å². The maximum atomic E-state index is 10.9. The average molecular weight is 343 g/mol. The first kappa shape index (κ1) is 13.8. The van der Waals surface area contributed by atoms with E-state index >= 15 is 0 Å². The molecule has 2 rings (SSSR count). The van der Waals surface area contributed by atoms with Crippen LogP contribution in [-0.2, 0) is 0 Å². The molecule has 0 aliphatic heterocycles. The second-order valence-corrected chi connectivity index (χ2v) is 5.04. The minimum Gasteiger partial charge on any atom is -0.477 e. The number of carboxylic acids is 1. The van der Waals surface area contributed by atoms with Crippen LogP contribution in [0.4, 0.5) is 11.6 Å². The highest BCUT2D eigenvalue weighted by Gasteiger charge is 2.09. The average Bonchev–Trinajstić information content (AvgIpc) is 2.33. The summed E-state index contributed by atoms with van der Waals surface area (Å²) in [5.41, 5.74) is 1.19. The third-order valence-electron chi connectivity index (χ3n) is 2.25. The summed E-state index contributed by atoms with van der Waals surface area (Å²) in [4.78, 5) is 18.9. The van der Waals surface area contributed by atoms with Crippen LogP contribution in [0, 0.1) is 6.92 Å². The Morgan fingerprint density at radius 2 is 2.11 bits per heavy atom. The van der Waals surface area contributed by atoms with E-state index in [0.717, 1.165) is 4.47 Å². The van der Waals surface area contributed by atoms with Crippen LogP contribution in [0.2, 0.25) is 5.02 Å². The second kappa shape index (κ2) is 5.54. The van der Waals surface area contributed by atoms with E-state index < -0.39 is 5.97 Å². The molecule has 5 nitrogen and oxygen atoms in total. The number of aromatic carboxylic acids is 1. The number of nitrogens with zero attached hydrogens (tertiary/aromatic N) is 2. The van der Waals surface area contributed by atoms with Gasteiger partial charge < -0.3 is 10.4 Å². The van der Waals surface area contributed by atoms with Crippen molar-refractivity contribution < 1.29 is 9.90 Å². The molecule has 2 N–H and O–H groups in total. The van der Waals surface area contributed by atoms with Crippen LogP contribution in [0.3, 0.4) is 0 Å². The Kier molecular flexibility index (Phi) is 4.01. The zero-order valence-electron chi connectivity index (χ0n) is 9.82. The summed E-state index contributed by atoms with van der Waals surface area (Å²) in [5, 5.41) is 12.4. The summed E-state index contributed by atoms with van der Waals surface area (Å²) in [6.07, 6.45) is 0. The first-order valence-corrected chi connectivity index (χ1v) is 6.44. The van der Waals surface area contributed by atoms with Crippen LogP contribution < -0.4 is 5.32 Å². The molecule has 1 aromatic heterocycles. The number of halogens is 2. The summed E-state index contributed by atoms with van der Waals surface area (Å²) < 4.78 is 0.774. The zero-order chi connectivity index (χ0) is 14.0. The fourth-order valence-electron chi connectivity index (χ4n) is 1.44. The van der Waals surface area contributed by atoms with Crippen molar-refractivity contribution in [1.29, 1.82) is 0 Å². The normalized spacial score (nSPS) is 10.3. The highest BCUT2D eigenvalue weighted by atomic mass is 79.9. The van der Waals surface area contributed by atoms with Crippen molar-refractivity contribution in [2.75, 3.05) is 5.32 Å². The largest absolute Gasteiger partial charge is 0.477 e. The number of carbonyl (C=O) groups is 1. The molecule has 0 unspecified atom stereocenters. The molecule has 1 heterocycles. The number of anilines is 2. The number of benzene rings is 1. The number of rotatable bonds is 3. The molecule has 0 saturated heterocycles. The molecule has 0 spiro atoms. The van der Waals surface area contributed by atoms with Crippen molar-refractivity contribution in [1.82, 2.24) is 9.97 Å². The van der Waals surface area contributed by atoms with Gasteiger partial charge in [-0.1, -0.05) is 11.6 Å². The molecule has 0 fully saturated rings. The Hall–Kier alpha value is -1.66. The van der Waals surface area contributed by atoms with Crippen molar-refractivity contribution in [2.24, 2.45) is 0 Å². The summed E-state index contributed by atoms with van der Waals surface area (Å²) in [6, 6.07) is 6.65. The Balaban J connectivity index is 2.32. The second-order valence-electron chi connectivity index (χ2n) is 3.78. The Labute approximate surface area is 122 Å². The summed E-state index contributed by atoms with van der Waals surface area (Å²) >= 11 is 9.26. The van der Waals surface area contributed by atoms with Gasteiger partial charge in [0.2, 0.25) is 5.95 Å². The van der Waals surface area contributed by atoms with Gasteiger partial charge in [0.1, 0.15) is 0 Å².